The van der Waals surface area contributed by atoms with Gasteiger partial charge in [-0.25, -0.2) is 4.39 Å². The fraction of sp³-hybridized carbons (Fsp3) is 0.294. The minimum absolute atomic E-state index is 0.110. The SMILES string of the molecule is CC(c1cc(F)ccc1O)N(CCN)Cc1ccccc1. The lowest BCUT2D eigenvalue weighted by molar-refractivity contribution is 0.204. The van der Waals surface area contributed by atoms with E-state index in [0.29, 0.717) is 25.2 Å². The molecule has 4 heteroatoms. The van der Waals surface area contributed by atoms with Crippen LogP contribution in [0.3, 0.4) is 0 Å². The average Bonchev–Trinajstić information content (AvgIpc) is 2.49. The third-order valence-electron chi connectivity index (χ3n) is 3.63. The maximum Gasteiger partial charge on any atom is 0.123 e. The minimum Gasteiger partial charge on any atom is -0.508 e. The van der Waals surface area contributed by atoms with Crippen LogP contribution in [0.5, 0.6) is 5.75 Å². The van der Waals surface area contributed by atoms with Crippen molar-refractivity contribution in [2.45, 2.75) is 19.5 Å². The van der Waals surface area contributed by atoms with Crippen molar-refractivity contribution in [3.63, 3.8) is 0 Å². The van der Waals surface area contributed by atoms with Crippen LogP contribution in [0.4, 0.5) is 4.39 Å². The standard InChI is InChI=1S/C17H21FN2O/c1-13(16-11-15(18)7-8-17(16)21)20(10-9-19)12-14-5-3-2-4-6-14/h2-8,11,13,21H,9-10,12,19H2,1H3. The summed E-state index contributed by atoms with van der Waals surface area (Å²) in [5, 5.41) is 9.96. The van der Waals surface area contributed by atoms with E-state index in [2.05, 4.69) is 4.90 Å². The lowest BCUT2D eigenvalue weighted by Crippen LogP contribution is -2.31. The van der Waals surface area contributed by atoms with E-state index in [1.807, 2.05) is 37.3 Å². The summed E-state index contributed by atoms with van der Waals surface area (Å²) in [6, 6.07) is 13.9. The lowest BCUT2D eigenvalue weighted by atomic mass is 10.0. The van der Waals surface area contributed by atoms with E-state index < -0.39 is 0 Å². The molecule has 0 radical (unpaired) electrons. The Labute approximate surface area is 124 Å². The van der Waals surface area contributed by atoms with E-state index in [4.69, 9.17) is 5.73 Å². The second-order valence-corrected chi connectivity index (χ2v) is 5.12. The number of benzene rings is 2. The Bertz CT molecular complexity index is 574. The topological polar surface area (TPSA) is 49.5 Å². The number of phenols is 1. The zero-order valence-electron chi connectivity index (χ0n) is 12.2. The summed E-state index contributed by atoms with van der Waals surface area (Å²) >= 11 is 0. The molecule has 2 aromatic rings. The molecule has 1 unspecified atom stereocenters. The molecule has 0 aliphatic carbocycles. The first-order valence-corrected chi connectivity index (χ1v) is 7.08. The first-order chi connectivity index (χ1) is 10.1. The van der Waals surface area contributed by atoms with Gasteiger partial charge in [0, 0.05) is 31.2 Å². The Morgan fingerprint density at radius 1 is 1.19 bits per heavy atom. The number of phenolic OH excluding ortho intramolecular Hbond substituents is 1. The molecule has 0 spiro atoms. The summed E-state index contributed by atoms with van der Waals surface area (Å²) in [5.74, 6) is -0.235. The monoisotopic (exact) mass is 288 g/mol. The predicted octanol–water partition coefficient (Wildman–Crippen LogP) is 3.05. The van der Waals surface area contributed by atoms with Gasteiger partial charge in [0.1, 0.15) is 11.6 Å². The van der Waals surface area contributed by atoms with Crippen LogP contribution >= 0.6 is 0 Å². The molecule has 2 rings (SSSR count). The molecule has 0 fully saturated rings. The van der Waals surface area contributed by atoms with Gasteiger partial charge in [0.15, 0.2) is 0 Å². The molecule has 0 saturated carbocycles. The van der Waals surface area contributed by atoms with Crippen LogP contribution in [0.15, 0.2) is 48.5 Å². The summed E-state index contributed by atoms with van der Waals surface area (Å²) in [4.78, 5) is 2.13. The van der Waals surface area contributed by atoms with Crippen LogP contribution in [-0.2, 0) is 6.54 Å². The fourth-order valence-electron chi connectivity index (χ4n) is 2.45. The van der Waals surface area contributed by atoms with Crippen molar-refractivity contribution < 1.29 is 9.50 Å². The lowest BCUT2D eigenvalue weighted by Gasteiger charge is -2.29. The first-order valence-electron chi connectivity index (χ1n) is 7.08. The van der Waals surface area contributed by atoms with Crippen molar-refractivity contribution in [3.8, 4) is 5.75 Å². The molecule has 112 valence electrons. The minimum atomic E-state index is -0.345. The van der Waals surface area contributed by atoms with Gasteiger partial charge < -0.3 is 10.8 Å². The van der Waals surface area contributed by atoms with Crippen molar-refractivity contribution in [2.24, 2.45) is 5.73 Å². The Morgan fingerprint density at radius 3 is 2.57 bits per heavy atom. The molecule has 0 amide bonds. The Morgan fingerprint density at radius 2 is 1.90 bits per heavy atom. The van der Waals surface area contributed by atoms with Crippen LogP contribution in [0.1, 0.15) is 24.1 Å². The van der Waals surface area contributed by atoms with Gasteiger partial charge >= 0.3 is 0 Å². The van der Waals surface area contributed by atoms with Gasteiger partial charge in [-0.05, 0) is 30.7 Å². The normalized spacial score (nSPS) is 12.6. The van der Waals surface area contributed by atoms with E-state index in [-0.39, 0.29) is 17.6 Å². The zero-order valence-corrected chi connectivity index (χ0v) is 12.2. The predicted molar refractivity (Wildman–Crippen MR) is 82.4 cm³/mol. The van der Waals surface area contributed by atoms with E-state index in [9.17, 15) is 9.50 Å². The molecule has 0 aliphatic rings. The van der Waals surface area contributed by atoms with Gasteiger partial charge in [-0.3, -0.25) is 4.90 Å². The molecule has 1 atom stereocenters. The summed E-state index contributed by atoms with van der Waals surface area (Å²) in [6.45, 7) is 3.83. The van der Waals surface area contributed by atoms with Crippen molar-refractivity contribution >= 4 is 0 Å². The van der Waals surface area contributed by atoms with Crippen LogP contribution < -0.4 is 5.73 Å². The number of hydrogen-bond acceptors (Lipinski definition) is 3. The summed E-state index contributed by atoms with van der Waals surface area (Å²) < 4.78 is 13.4. The maximum atomic E-state index is 13.4. The fourth-order valence-corrected chi connectivity index (χ4v) is 2.45. The molecule has 0 aromatic heterocycles. The maximum absolute atomic E-state index is 13.4. The second kappa shape index (κ2) is 7.20. The zero-order chi connectivity index (χ0) is 15.2. The van der Waals surface area contributed by atoms with Crippen molar-refractivity contribution in [1.82, 2.24) is 4.90 Å². The number of hydrogen-bond donors (Lipinski definition) is 2. The number of nitrogens with zero attached hydrogens (tertiary/aromatic N) is 1. The third-order valence-corrected chi connectivity index (χ3v) is 3.63. The highest BCUT2D eigenvalue weighted by Gasteiger charge is 2.19. The molecular weight excluding hydrogens is 267 g/mol. The van der Waals surface area contributed by atoms with E-state index >= 15 is 0 Å². The number of halogens is 1. The largest absolute Gasteiger partial charge is 0.508 e. The number of nitrogens with two attached hydrogens (primary N) is 1. The quantitative estimate of drug-likeness (QED) is 0.859. The molecule has 3 N–H and O–H groups in total. The summed E-state index contributed by atoms with van der Waals surface area (Å²) in [5.41, 5.74) is 7.43. The van der Waals surface area contributed by atoms with Gasteiger partial charge in [-0.2, -0.15) is 0 Å². The van der Waals surface area contributed by atoms with Crippen LogP contribution in [-0.4, -0.2) is 23.1 Å². The van der Waals surface area contributed by atoms with Gasteiger partial charge in [0.25, 0.3) is 0 Å². The average molecular weight is 288 g/mol. The van der Waals surface area contributed by atoms with E-state index in [0.717, 1.165) is 5.56 Å². The molecular formula is C17H21FN2O. The van der Waals surface area contributed by atoms with Gasteiger partial charge in [-0.15, -0.1) is 0 Å². The highest BCUT2D eigenvalue weighted by atomic mass is 19.1. The Balaban J connectivity index is 2.22. The summed E-state index contributed by atoms with van der Waals surface area (Å²) in [7, 11) is 0. The highest BCUT2D eigenvalue weighted by Crippen LogP contribution is 2.29. The smallest absolute Gasteiger partial charge is 0.123 e. The molecule has 2 aromatic carbocycles. The molecule has 0 bridgehead atoms. The Kier molecular flexibility index (Phi) is 5.31. The van der Waals surface area contributed by atoms with Crippen molar-refractivity contribution in [1.29, 1.82) is 0 Å². The number of aromatic hydroxyl groups is 1. The van der Waals surface area contributed by atoms with Gasteiger partial charge in [-0.1, -0.05) is 30.3 Å². The van der Waals surface area contributed by atoms with Crippen LogP contribution in [0.25, 0.3) is 0 Å². The highest BCUT2D eigenvalue weighted by molar-refractivity contribution is 5.35. The molecule has 0 saturated heterocycles. The van der Waals surface area contributed by atoms with Crippen molar-refractivity contribution in [2.75, 3.05) is 13.1 Å². The third kappa shape index (κ3) is 4.03. The number of rotatable bonds is 6. The molecule has 0 heterocycles. The molecule has 21 heavy (non-hydrogen) atoms. The first kappa shape index (κ1) is 15.5. The van der Waals surface area contributed by atoms with Crippen molar-refractivity contribution in [3.05, 3.63) is 65.5 Å². The van der Waals surface area contributed by atoms with E-state index in [1.54, 1.807) is 0 Å². The van der Waals surface area contributed by atoms with Crippen LogP contribution in [0.2, 0.25) is 0 Å². The molecule has 0 aliphatic heterocycles. The van der Waals surface area contributed by atoms with E-state index in [1.165, 1.54) is 18.2 Å². The van der Waals surface area contributed by atoms with Gasteiger partial charge in [0.2, 0.25) is 0 Å². The Hall–Kier alpha value is -1.91. The van der Waals surface area contributed by atoms with Crippen LogP contribution in [0, 0.1) is 5.82 Å². The van der Waals surface area contributed by atoms with Gasteiger partial charge in [0.05, 0.1) is 0 Å². The summed E-state index contributed by atoms with van der Waals surface area (Å²) in [6.07, 6.45) is 0. The second-order valence-electron chi connectivity index (χ2n) is 5.12. The molecule has 3 nitrogen and oxygen atoms in total.